The van der Waals surface area contributed by atoms with Crippen molar-refractivity contribution < 1.29 is 9.53 Å². The van der Waals surface area contributed by atoms with Gasteiger partial charge in [-0.3, -0.25) is 4.79 Å². The highest BCUT2D eigenvalue weighted by molar-refractivity contribution is 9.10. The first-order chi connectivity index (χ1) is 17.9. The second kappa shape index (κ2) is 10.5. The van der Waals surface area contributed by atoms with Gasteiger partial charge in [0.15, 0.2) is 0 Å². The SMILES string of the molecule is COC(=O)c1ccc(-n2c(C)cc(C=Nn3c(C4CCCCC4)nc4ccc(Br)cc4c3=O)c2C)cc1. The molecule has 2 aromatic carbocycles. The molecule has 4 aromatic rings. The van der Waals surface area contributed by atoms with E-state index in [1.165, 1.54) is 18.2 Å². The van der Waals surface area contributed by atoms with Gasteiger partial charge >= 0.3 is 5.97 Å². The van der Waals surface area contributed by atoms with Crippen LogP contribution in [-0.4, -0.2) is 33.5 Å². The molecule has 2 heterocycles. The first-order valence-corrected chi connectivity index (χ1v) is 13.3. The quantitative estimate of drug-likeness (QED) is 0.212. The van der Waals surface area contributed by atoms with Crippen molar-refractivity contribution in [2.75, 3.05) is 7.11 Å². The summed E-state index contributed by atoms with van der Waals surface area (Å²) in [5.74, 6) is 0.589. The first kappa shape index (κ1) is 25.1. The van der Waals surface area contributed by atoms with Crippen molar-refractivity contribution in [2.24, 2.45) is 5.10 Å². The van der Waals surface area contributed by atoms with Crippen molar-refractivity contribution in [3.63, 3.8) is 0 Å². The molecule has 0 saturated heterocycles. The zero-order valence-corrected chi connectivity index (χ0v) is 22.8. The van der Waals surface area contributed by atoms with Crippen molar-refractivity contribution in [1.29, 1.82) is 0 Å². The number of nitrogens with zero attached hydrogens (tertiary/aromatic N) is 4. The predicted molar refractivity (Wildman–Crippen MR) is 149 cm³/mol. The molecule has 0 unspecified atom stereocenters. The maximum atomic E-state index is 13.6. The summed E-state index contributed by atoms with van der Waals surface area (Å²) >= 11 is 3.48. The van der Waals surface area contributed by atoms with Crippen molar-refractivity contribution in [3.8, 4) is 5.69 Å². The lowest BCUT2D eigenvalue weighted by Crippen LogP contribution is -2.25. The van der Waals surface area contributed by atoms with Gasteiger partial charge in [-0.05, 0) is 75.2 Å². The highest BCUT2D eigenvalue weighted by atomic mass is 79.9. The van der Waals surface area contributed by atoms with E-state index in [1.54, 1.807) is 18.3 Å². The lowest BCUT2D eigenvalue weighted by Gasteiger charge is -2.22. The standard InChI is InChI=1S/C29H29BrN4O3/c1-18-15-22(19(2)33(18)24-12-9-21(10-13-24)29(36)37-3)17-31-34-27(20-7-5-4-6-8-20)32-26-14-11-23(30)16-25(26)28(34)35/h9-17,20H,4-8H2,1-3H3. The van der Waals surface area contributed by atoms with Crippen LogP contribution in [0.1, 0.15) is 71.2 Å². The summed E-state index contributed by atoms with van der Waals surface area (Å²) in [6.07, 6.45) is 7.27. The maximum Gasteiger partial charge on any atom is 0.337 e. The van der Waals surface area contributed by atoms with Gasteiger partial charge in [0, 0.05) is 33.0 Å². The number of esters is 1. The molecule has 0 aliphatic heterocycles. The summed E-state index contributed by atoms with van der Waals surface area (Å²) in [5, 5.41) is 5.26. The van der Waals surface area contributed by atoms with Gasteiger partial charge in [0.1, 0.15) is 5.82 Å². The van der Waals surface area contributed by atoms with Crippen molar-refractivity contribution in [3.05, 3.63) is 91.7 Å². The Hall–Kier alpha value is -3.52. The van der Waals surface area contributed by atoms with Crippen molar-refractivity contribution in [2.45, 2.75) is 51.9 Å². The van der Waals surface area contributed by atoms with E-state index in [9.17, 15) is 9.59 Å². The van der Waals surface area contributed by atoms with Gasteiger partial charge in [0.05, 0.1) is 29.8 Å². The predicted octanol–water partition coefficient (Wildman–Crippen LogP) is 6.28. The maximum absolute atomic E-state index is 13.6. The Morgan fingerprint density at radius 2 is 1.81 bits per heavy atom. The largest absolute Gasteiger partial charge is 0.465 e. The highest BCUT2D eigenvalue weighted by Gasteiger charge is 2.22. The number of methoxy groups -OCH3 is 1. The summed E-state index contributed by atoms with van der Waals surface area (Å²) in [6, 6.07) is 15.0. The van der Waals surface area contributed by atoms with E-state index in [-0.39, 0.29) is 17.4 Å². The Morgan fingerprint density at radius 1 is 1.08 bits per heavy atom. The molecule has 0 amide bonds. The van der Waals surface area contributed by atoms with Crippen LogP contribution >= 0.6 is 15.9 Å². The number of carbonyl (C=O) groups excluding carboxylic acids is 1. The van der Waals surface area contributed by atoms with E-state index >= 15 is 0 Å². The number of fused-ring (bicyclic) bond motifs is 1. The number of aromatic nitrogens is 3. The van der Waals surface area contributed by atoms with Crippen molar-refractivity contribution in [1.82, 2.24) is 14.2 Å². The van der Waals surface area contributed by atoms with Gasteiger partial charge in [-0.1, -0.05) is 35.2 Å². The summed E-state index contributed by atoms with van der Waals surface area (Å²) in [6.45, 7) is 4.04. The van der Waals surface area contributed by atoms with Crippen LogP contribution in [-0.2, 0) is 4.74 Å². The fraction of sp³-hybridized carbons (Fsp3) is 0.310. The number of ether oxygens (including phenoxy) is 1. The van der Waals surface area contributed by atoms with E-state index in [4.69, 9.17) is 14.8 Å². The fourth-order valence-electron chi connectivity index (χ4n) is 5.20. The molecule has 7 nitrogen and oxygen atoms in total. The summed E-state index contributed by atoms with van der Waals surface area (Å²) in [7, 11) is 1.37. The topological polar surface area (TPSA) is 78.5 Å². The molecule has 5 rings (SSSR count). The van der Waals surface area contributed by atoms with Gasteiger partial charge in [0.2, 0.25) is 0 Å². The number of hydrogen-bond acceptors (Lipinski definition) is 5. The summed E-state index contributed by atoms with van der Waals surface area (Å²) < 4.78 is 9.24. The minimum atomic E-state index is -0.365. The normalized spacial score (nSPS) is 14.5. The fourth-order valence-corrected chi connectivity index (χ4v) is 5.56. The van der Waals surface area contributed by atoms with Crippen LogP contribution in [0.3, 0.4) is 0 Å². The average Bonchev–Trinajstić information content (AvgIpc) is 3.20. The average molecular weight is 561 g/mol. The molecule has 1 saturated carbocycles. The van der Waals surface area contributed by atoms with Gasteiger partial charge < -0.3 is 9.30 Å². The number of aryl methyl sites for hydroxylation is 1. The smallest absolute Gasteiger partial charge is 0.337 e. The van der Waals surface area contributed by atoms with Gasteiger partial charge in [-0.2, -0.15) is 9.78 Å². The Bertz CT molecular complexity index is 1560. The lowest BCUT2D eigenvalue weighted by atomic mass is 9.88. The van der Waals surface area contributed by atoms with Crippen LogP contribution in [0.5, 0.6) is 0 Å². The molecule has 190 valence electrons. The Labute approximate surface area is 223 Å². The van der Waals surface area contributed by atoms with Crippen LogP contribution in [0.2, 0.25) is 0 Å². The third-order valence-electron chi connectivity index (χ3n) is 7.13. The molecule has 37 heavy (non-hydrogen) atoms. The van der Waals surface area contributed by atoms with E-state index in [2.05, 4.69) is 20.5 Å². The molecule has 0 spiro atoms. The third kappa shape index (κ3) is 4.90. The number of hydrogen-bond donors (Lipinski definition) is 0. The molecule has 1 aliphatic rings. The summed E-state index contributed by atoms with van der Waals surface area (Å²) in [5.41, 5.74) is 4.88. The van der Waals surface area contributed by atoms with E-state index in [1.807, 2.05) is 50.2 Å². The second-order valence-corrected chi connectivity index (χ2v) is 10.4. The number of benzene rings is 2. The third-order valence-corrected chi connectivity index (χ3v) is 7.63. The molecular formula is C29H29BrN4O3. The zero-order valence-electron chi connectivity index (χ0n) is 21.2. The molecule has 1 aliphatic carbocycles. The molecule has 0 radical (unpaired) electrons. The Balaban J connectivity index is 1.56. The van der Waals surface area contributed by atoms with Crippen LogP contribution in [0.15, 0.2) is 62.9 Å². The first-order valence-electron chi connectivity index (χ1n) is 12.5. The number of rotatable bonds is 5. The van der Waals surface area contributed by atoms with E-state index in [0.29, 0.717) is 16.5 Å². The minimum Gasteiger partial charge on any atom is -0.465 e. The number of halogens is 1. The van der Waals surface area contributed by atoms with Crippen LogP contribution in [0.4, 0.5) is 0 Å². The molecule has 0 bridgehead atoms. The Kier molecular flexibility index (Phi) is 7.11. The molecular weight excluding hydrogens is 532 g/mol. The van der Waals surface area contributed by atoms with Crippen LogP contribution in [0.25, 0.3) is 16.6 Å². The molecule has 8 heteroatoms. The lowest BCUT2D eigenvalue weighted by molar-refractivity contribution is 0.0600. The zero-order chi connectivity index (χ0) is 26.1. The van der Waals surface area contributed by atoms with Crippen molar-refractivity contribution >= 4 is 39.0 Å². The van der Waals surface area contributed by atoms with E-state index in [0.717, 1.165) is 58.6 Å². The number of carbonyl (C=O) groups is 1. The highest BCUT2D eigenvalue weighted by Crippen LogP contribution is 2.32. The van der Waals surface area contributed by atoms with E-state index < -0.39 is 0 Å². The Morgan fingerprint density at radius 3 is 2.51 bits per heavy atom. The molecule has 2 aromatic heterocycles. The van der Waals surface area contributed by atoms with Gasteiger partial charge in [-0.15, -0.1) is 0 Å². The minimum absolute atomic E-state index is 0.157. The summed E-state index contributed by atoms with van der Waals surface area (Å²) in [4.78, 5) is 30.3. The second-order valence-electron chi connectivity index (χ2n) is 9.53. The monoisotopic (exact) mass is 560 g/mol. The van der Waals surface area contributed by atoms with Gasteiger partial charge in [-0.25, -0.2) is 9.78 Å². The molecule has 1 fully saturated rings. The molecule has 0 atom stereocenters. The van der Waals surface area contributed by atoms with Gasteiger partial charge in [0.25, 0.3) is 5.56 Å². The molecule has 0 N–H and O–H groups in total. The van der Waals surface area contributed by atoms with Crippen LogP contribution < -0.4 is 5.56 Å². The van der Waals surface area contributed by atoms with Crippen LogP contribution in [0, 0.1) is 13.8 Å².